The minimum Gasteiger partial charge on any atom is -0.490 e. The summed E-state index contributed by atoms with van der Waals surface area (Å²) in [6.07, 6.45) is 0.924. The van der Waals surface area contributed by atoms with Crippen LogP contribution in [0.15, 0.2) is 72.1 Å². The summed E-state index contributed by atoms with van der Waals surface area (Å²) in [6.45, 7) is 13.6. The van der Waals surface area contributed by atoms with Gasteiger partial charge >= 0.3 is 5.97 Å². The number of nitrogens with zero attached hydrogens (tertiary/aromatic N) is 1. The van der Waals surface area contributed by atoms with Crippen LogP contribution in [0, 0.1) is 17.2 Å². The van der Waals surface area contributed by atoms with E-state index in [9.17, 15) is 10.1 Å². The van der Waals surface area contributed by atoms with Gasteiger partial charge in [0.15, 0.2) is 11.5 Å². The Balaban J connectivity index is 1.62. The lowest BCUT2D eigenvalue weighted by Gasteiger charge is -2.27. The second-order valence-electron chi connectivity index (χ2n) is 11.5. The number of esters is 1. The molecule has 7 nitrogen and oxygen atoms in total. The van der Waals surface area contributed by atoms with Crippen molar-refractivity contribution in [2.24, 2.45) is 11.7 Å². The average molecular weight is 555 g/mol. The van der Waals surface area contributed by atoms with Crippen molar-refractivity contribution < 1.29 is 23.7 Å². The normalized spacial score (nSPS) is 14.6. The second kappa shape index (κ2) is 12.4. The maximum absolute atomic E-state index is 12.9. The van der Waals surface area contributed by atoms with E-state index in [0.717, 1.165) is 23.1 Å². The van der Waals surface area contributed by atoms with Crippen molar-refractivity contribution in [3.63, 3.8) is 0 Å². The predicted molar refractivity (Wildman–Crippen MR) is 158 cm³/mol. The van der Waals surface area contributed by atoms with E-state index in [0.29, 0.717) is 47.7 Å². The second-order valence-corrected chi connectivity index (χ2v) is 11.5. The maximum atomic E-state index is 12.9. The third-order valence-electron chi connectivity index (χ3n) is 6.94. The molecule has 1 aliphatic rings. The van der Waals surface area contributed by atoms with Gasteiger partial charge in [0.05, 0.1) is 24.7 Å². The molecule has 1 unspecified atom stereocenters. The van der Waals surface area contributed by atoms with Crippen molar-refractivity contribution in [3.05, 3.63) is 94.4 Å². The molecular formula is C34H38N2O5. The summed E-state index contributed by atoms with van der Waals surface area (Å²) in [6, 6.07) is 20.4. The lowest BCUT2D eigenvalue weighted by Crippen LogP contribution is -2.21. The Hall–Kier alpha value is -4.44. The van der Waals surface area contributed by atoms with Crippen LogP contribution in [0.4, 0.5) is 0 Å². The molecule has 214 valence electrons. The minimum atomic E-state index is -0.498. The van der Waals surface area contributed by atoms with Gasteiger partial charge in [-0.1, -0.05) is 58.9 Å². The first kappa shape index (κ1) is 29.5. The van der Waals surface area contributed by atoms with Crippen LogP contribution in [0.2, 0.25) is 0 Å². The molecule has 0 amide bonds. The number of hydrogen-bond donors (Lipinski definition) is 1. The molecule has 2 N–H and O–H groups in total. The number of hydrogen-bond acceptors (Lipinski definition) is 7. The Morgan fingerprint density at radius 1 is 1.02 bits per heavy atom. The molecule has 0 aromatic heterocycles. The molecule has 1 atom stereocenters. The molecule has 7 heteroatoms. The SMILES string of the molecule is CCOc1cc(C2C(C#N)=C(N)Oc3cc(OC(=O)c4ccc(C(C)(C)C)cc4)ccc32)ccc1OCCC(C)C. The van der Waals surface area contributed by atoms with E-state index >= 15 is 0 Å². The maximum Gasteiger partial charge on any atom is 0.343 e. The van der Waals surface area contributed by atoms with Crippen LogP contribution in [0.25, 0.3) is 0 Å². The summed E-state index contributed by atoms with van der Waals surface area (Å²) < 4.78 is 23.4. The molecule has 0 spiro atoms. The number of nitriles is 1. The summed E-state index contributed by atoms with van der Waals surface area (Å²) >= 11 is 0. The van der Waals surface area contributed by atoms with Gasteiger partial charge in [-0.05, 0) is 66.1 Å². The number of benzene rings is 3. The van der Waals surface area contributed by atoms with Crippen LogP contribution in [0.3, 0.4) is 0 Å². The number of ether oxygens (including phenoxy) is 4. The van der Waals surface area contributed by atoms with Crippen LogP contribution >= 0.6 is 0 Å². The number of carbonyl (C=O) groups is 1. The van der Waals surface area contributed by atoms with Crippen LogP contribution in [-0.4, -0.2) is 19.2 Å². The van der Waals surface area contributed by atoms with Crippen molar-refractivity contribution in [2.75, 3.05) is 13.2 Å². The molecule has 0 fully saturated rings. The van der Waals surface area contributed by atoms with Gasteiger partial charge in [0.1, 0.15) is 23.1 Å². The summed E-state index contributed by atoms with van der Waals surface area (Å²) in [4.78, 5) is 12.9. The Morgan fingerprint density at radius 2 is 1.76 bits per heavy atom. The largest absolute Gasteiger partial charge is 0.490 e. The molecule has 0 aliphatic carbocycles. The summed E-state index contributed by atoms with van der Waals surface area (Å²) in [5.74, 6) is 1.52. The van der Waals surface area contributed by atoms with Gasteiger partial charge in [-0.3, -0.25) is 0 Å². The molecule has 0 saturated heterocycles. The van der Waals surface area contributed by atoms with Gasteiger partial charge in [0.25, 0.3) is 0 Å². The highest BCUT2D eigenvalue weighted by Gasteiger charge is 2.32. The lowest BCUT2D eigenvalue weighted by molar-refractivity contribution is 0.0734. The number of allylic oxidation sites excluding steroid dienone is 1. The molecule has 1 heterocycles. The molecular weight excluding hydrogens is 516 g/mol. The van der Waals surface area contributed by atoms with Crippen molar-refractivity contribution in [3.8, 4) is 29.1 Å². The molecule has 0 radical (unpaired) electrons. The van der Waals surface area contributed by atoms with Crippen molar-refractivity contribution >= 4 is 5.97 Å². The molecule has 1 aliphatic heterocycles. The fourth-order valence-electron chi connectivity index (χ4n) is 4.61. The summed E-state index contributed by atoms with van der Waals surface area (Å²) in [5, 5.41) is 9.99. The number of fused-ring (bicyclic) bond motifs is 1. The zero-order chi connectivity index (χ0) is 29.7. The van der Waals surface area contributed by atoms with Crippen LogP contribution in [-0.2, 0) is 5.41 Å². The number of rotatable bonds is 9. The third-order valence-corrected chi connectivity index (χ3v) is 6.94. The highest BCUT2D eigenvalue weighted by molar-refractivity contribution is 5.91. The van der Waals surface area contributed by atoms with Gasteiger partial charge in [-0.2, -0.15) is 5.26 Å². The van der Waals surface area contributed by atoms with Crippen molar-refractivity contribution in [1.29, 1.82) is 5.26 Å². The highest BCUT2D eigenvalue weighted by atomic mass is 16.5. The van der Waals surface area contributed by atoms with E-state index in [2.05, 4.69) is 40.7 Å². The van der Waals surface area contributed by atoms with E-state index in [-0.39, 0.29) is 16.9 Å². The Bertz CT molecular complexity index is 1480. The quantitative estimate of drug-likeness (QED) is 0.219. The Labute approximate surface area is 242 Å². The molecule has 3 aromatic rings. The van der Waals surface area contributed by atoms with E-state index in [1.807, 2.05) is 37.3 Å². The van der Waals surface area contributed by atoms with Gasteiger partial charge in [0, 0.05) is 11.6 Å². The molecule has 0 saturated carbocycles. The van der Waals surface area contributed by atoms with Gasteiger partial charge in [0.2, 0.25) is 5.88 Å². The summed E-state index contributed by atoms with van der Waals surface area (Å²) in [7, 11) is 0. The topological polar surface area (TPSA) is 104 Å². The first-order valence-corrected chi connectivity index (χ1v) is 14.0. The monoisotopic (exact) mass is 554 g/mol. The fraction of sp³-hybridized carbons (Fsp3) is 0.353. The predicted octanol–water partition coefficient (Wildman–Crippen LogP) is 7.25. The zero-order valence-electron chi connectivity index (χ0n) is 24.6. The first-order valence-electron chi connectivity index (χ1n) is 14.0. The average Bonchev–Trinajstić information content (AvgIpc) is 2.92. The van der Waals surface area contributed by atoms with E-state index < -0.39 is 11.9 Å². The number of carbonyl (C=O) groups excluding carboxylic acids is 1. The van der Waals surface area contributed by atoms with Crippen LogP contribution in [0.1, 0.15) is 80.9 Å². The lowest BCUT2D eigenvalue weighted by atomic mass is 9.83. The van der Waals surface area contributed by atoms with Gasteiger partial charge in [-0.25, -0.2) is 4.79 Å². The Kier molecular flexibility index (Phi) is 8.92. The molecule has 3 aromatic carbocycles. The first-order chi connectivity index (χ1) is 19.5. The van der Waals surface area contributed by atoms with Crippen molar-refractivity contribution in [1.82, 2.24) is 0 Å². The Morgan fingerprint density at radius 3 is 2.39 bits per heavy atom. The van der Waals surface area contributed by atoms with Crippen LogP contribution < -0.4 is 24.7 Å². The van der Waals surface area contributed by atoms with Gasteiger partial charge in [-0.15, -0.1) is 0 Å². The van der Waals surface area contributed by atoms with Crippen molar-refractivity contribution in [2.45, 2.75) is 59.3 Å². The third kappa shape index (κ3) is 6.83. The van der Waals surface area contributed by atoms with E-state index in [1.54, 1.807) is 30.3 Å². The fourth-order valence-corrected chi connectivity index (χ4v) is 4.61. The highest BCUT2D eigenvalue weighted by Crippen LogP contribution is 2.45. The standard InChI is InChI=1S/C34H38N2O5/c1-7-38-30-18-23(10-15-28(30)39-17-16-21(2)3)31-26-14-13-25(19-29(26)41-32(36)27(31)20-35)40-33(37)22-8-11-24(12-9-22)34(4,5)6/h8-15,18-19,21,31H,7,16-17,36H2,1-6H3. The smallest absolute Gasteiger partial charge is 0.343 e. The summed E-state index contributed by atoms with van der Waals surface area (Å²) in [5.41, 5.74) is 9.58. The van der Waals surface area contributed by atoms with Gasteiger partial charge < -0.3 is 24.7 Å². The van der Waals surface area contributed by atoms with E-state index in [4.69, 9.17) is 24.7 Å². The number of nitrogens with two attached hydrogens (primary N) is 1. The van der Waals surface area contributed by atoms with Crippen LogP contribution in [0.5, 0.6) is 23.0 Å². The zero-order valence-corrected chi connectivity index (χ0v) is 24.6. The minimum absolute atomic E-state index is 0.00136. The van der Waals surface area contributed by atoms with E-state index in [1.165, 1.54) is 0 Å². The molecule has 41 heavy (non-hydrogen) atoms. The molecule has 4 rings (SSSR count). The molecule has 0 bridgehead atoms.